The van der Waals surface area contributed by atoms with Crippen LogP contribution in [0, 0.1) is 0 Å². The maximum atomic E-state index is 5.64. The zero-order valence-electron chi connectivity index (χ0n) is 8.05. The Morgan fingerprint density at radius 3 is 2.92 bits per heavy atom. The van der Waals surface area contributed by atoms with Crippen molar-refractivity contribution in [2.24, 2.45) is 0 Å². The Morgan fingerprint density at radius 1 is 1.54 bits per heavy atom. The van der Waals surface area contributed by atoms with Gasteiger partial charge in [0.1, 0.15) is 0 Å². The summed E-state index contributed by atoms with van der Waals surface area (Å²) in [6.07, 6.45) is 2.16. The van der Waals surface area contributed by atoms with Gasteiger partial charge in [-0.05, 0) is 24.3 Å². The van der Waals surface area contributed by atoms with E-state index in [1.165, 1.54) is 5.56 Å². The number of rotatable bonds is 5. The Hall–Kier alpha value is -0.0200. The molecule has 13 heavy (non-hydrogen) atoms. The normalized spacial score (nSPS) is 12.8. The van der Waals surface area contributed by atoms with E-state index in [4.69, 9.17) is 4.74 Å². The van der Waals surface area contributed by atoms with Gasteiger partial charge >= 0.3 is 0 Å². The van der Waals surface area contributed by atoms with Crippen molar-refractivity contribution in [1.82, 2.24) is 0 Å². The first-order chi connectivity index (χ1) is 6.29. The second kappa shape index (κ2) is 5.66. The Kier molecular flexibility index (Phi) is 4.81. The highest BCUT2D eigenvalue weighted by molar-refractivity contribution is 9.09. The minimum Gasteiger partial charge on any atom is -0.484 e. The lowest BCUT2D eigenvalue weighted by atomic mass is 10.2. The molecule has 1 rings (SSSR count). The van der Waals surface area contributed by atoms with E-state index in [-0.39, 0.29) is 0 Å². The number of halogens is 1. The maximum absolute atomic E-state index is 5.64. The largest absolute Gasteiger partial charge is 0.484 e. The Balaban J connectivity index is 2.65. The summed E-state index contributed by atoms with van der Waals surface area (Å²) in [5.41, 5.74) is 1.29. The summed E-state index contributed by atoms with van der Waals surface area (Å²) in [5, 5.41) is 3.16. The molecule has 0 aliphatic rings. The fourth-order valence-corrected chi connectivity index (χ4v) is 2.42. The molecule has 0 aliphatic carbocycles. The Bertz CT molecular complexity index is 247. The SMILES string of the molecule is CCCOc1sccc1C(Br)CC. The predicted octanol–water partition coefficient (Wildman–Crippen LogP) is 4.38. The molecule has 0 saturated heterocycles. The third kappa shape index (κ3) is 2.99. The number of hydrogen-bond donors (Lipinski definition) is 0. The predicted molar refractivity (Wildman–Crippen MR) is 62.1 cm³/mol. The highest BCUT2D eigenvalue weighted by atomic mass is 79.9. The quantitative estimate of drug-likeness (QED) is 0.716. The first kappa shape index (κ1) is 11.1. The molecular weight excluding hydrogens is 248 g/mol. The van der Waals surface area contributed by atoms with E-state index in [0.29, 0.717) is 4.83 Å². The highest BCUT2D eigenvalue weighted by Crippen LogP contribution is 2.37. The van der Waals surface area contributed by atoms with E-state index in [9.17, 15) is 0 Å². The van der Waals surface area contributed by atoms with Crippen LogP contribution in [0.1, 0.15) is 37.1 Å². The van der Waals surface area contributed by atoms with Crippen LogP contribution in [-0.4, -0.2) is 6.61 Å². The summed E-state index contributed by atoms with van der Waals surface area (Å²) in [6.45, 7) is 5.11. The molecule has 0 saturated carbocycles. The zero-order valence-corrected chi connectivity index (χ0v) is 10.5. The molecule has 1 aromatic rings. The van der Waals surface area contributed by atoms with Crippen LogP contribution >= 0.6 is 27.3 Å². The lowest BCUT2D eigenvalue weighted by Crippen LogP contribution is -1.96. The van der Waals surface area contributed by atoms with Gasteiger partial charge in [-0.3, -0.25) is 0 Å². The van der Waals surface area contributed by atoms with Gasteiger partial charge in [-0.25, -0.2) is 0 Å². The molecule has 0 fully saturated rings. The minimum absolute atomic E-state index is 0.436. The van der Waals surface area contributed by atoms with E-state index in [2.05, 4.69) is 41.2 Å². The fraction of sp³-hybridized carbons (Fsp3) is 0.600. The molecule has 1 unspecified atom stereocenters. The monoisotopic (exact) mass is 262 g/mol. The third-order valence-electron chi connectivity index (χ3n) is 1.79. The molecule has 3 heteroatoms. The molecule has 74 valence electrons. The van der Waals surface area contributed by atoms with Gasteiger partial charge in [0, 0.05) is 10.4 Å². The summed E-state index contributed by atoms with van der Waals surface area (Å²) in [5.74, 6) is 0. The van der Waals surface area contributed by atoms with Crippen LogP contribution < -0.4 is 4.74 Å². The first-order valence-electron chi connectivity index (χ1n) is 4.63. The van der Waals surface area contributed by atoms with Crippen molar-refractivity contribution in [3.05, 3.63) is 17.0 Å². The summed E-state index contributed by atoms with van der Waals surface area (Å²) < 4.78 is 5.64. The van der Waals surface area contributed by atoms with Crippen molar-refractivity contribution >= 4 is 27.3 Å². The summed E-state index contributed by atoms with van der Waals surface area (Å²) >= 11 is 5.31. The van der Waals surface area contributed by atoms with Crippen LogP contribution in [-0.2, 0) is 0 Å². The van der Waals surface area contributed by atoms with E-state index in [0.717, 1.165) is 24.5 Å². The smallest absolute Gasteiger partial charge is 0.178 e. The number of hydrogen-bond acceptors (Lipinski definition) is 2. The molecule has 0 aromatic carbocycles. The third-order valence-corrected chi connectivity index (χ3v) is 3.77. The summed E-state index contributed by atoms with van der Waals surface area (Å²) in [4.78, 5) is 0.436. The van der Waals surface area contributed by atoms with Crippen LogP contribution in [0.25, 0.3) is 0 Å². The van der Waals surface area contributed by atoms with Gasteiger partial charge < -0.3 is 4.74 Å². The van der Waals surface area contributed by atoms with E-state index in [1.807, 2.05) is 0 Å². The second-order valence-electron chi connectivity index (χ2n) is 2.89. The van der Waals surface area contributed by atoms with Crippen molar-refractivity contribution in [3.8, 4) is 5.06 Å². The van der Waals surface area contributed by atoms with Crippen molar-refractivity contribution in [3.63, 3.8) is 0 Å². The fourth-order valence-electron chi connectivity index (χ4n) is 1.07. The summed E-state index contributed by atoms with van der Waals surface area (Å²) in [6, 6.07) is 2.14. The maximum Gasteiger partial charge on any atom is 0.178 e. The van der Waals surface area contributed by atoms with Crippen molar-refractivity contribution in [2.75, 3.05) is 6.61 Å². The lowest BCUT2D eigenvalue weighted by molar-refractivity contribution is 0.323. The minimum atomic E-state index is 0.436. The van der Waals surface area contributed by atoms with Crippen molar-refractivity contribution in [1.29, 1.82) is 0 Å². The second-order valence-corrected chi connectivity index (χ2v) is 4.87. The van der Waals surface area contributed by atoms with Gasteiger partial charge in [0.25, 0.3) is 0 Å². The van der Waals surface area contributed by atoms with Gasteiger partial charge in [-0.1, -0.05) is 29.8 Å². The average Bonchev–Trinajstić information content (AvgIpc) is 2.61. The zero-order chi connectivity index (χ0) is 9.68. The van der Waals surface area contributed by atoms with Gasteiger partial charge in [0.2, 0.25) is 0 Å². The molecule has 0 aliphatic heterocycles. The van der Waals surface area contributed by atoms with Crippen LogP contribution in [0.2, 0.25) is 0 Å². The molecular formula is C10H15BrOS. The van der Waals surface area contributed by atoms with E-state index >= 15 is 0 Å². The molecule has 1 atom stereocenters. The number of alkyl halides is 1. The number of thiophene rings is 1. The van der Waals surface area contributed by atoms with Gasteiger partial charge in [-0.2, -0.15) is 0 Å². The van der Waals surface area contributed by atoms with E-state index in [1.54, 1.807) is 11.3 Å². The molecule has 1 aromatic heterocycles. The van der Waals surface area contributed by atoms with Crippen LogP contribution in [0.4, 0.5) is 0 Å². The van der Waals surface area contributed by atoms with Crippen LogP contribution in [0.15, 0.2) is 11.4 Å². The molecule has 0 bridgehead atoms. The summed E-state index contributed by atoms with van der Waals surface area (Å²) in [7, 11) is 0. The molecule has 0 N–H and O–H groups in total. The molecule has 1 nitrogen and oxygen atoms in total. The first-order valence-corrected chi connectivity index (χ1v) is 6.43. The molecule has 0 spiro atoms. The Labute approximate surface area is 92.2 Å². The van der Waals surface area contributed by atoms with Gasteiger partial charge in [-0.15, -0.1) is 11.3 Å². The van der Waals surface area contributed by atoms with Crippen LogP contribution in [0.5, 0.6) is 5.06 Å². The molecule has 0 radical (unpaired) electrons. The topological polar surface area (TPSA) is 9.23 Å². The van der Waals surface area contributed by atoms with Gasteiger partial charge in [0.05, 0.1) is 6.61 Å². The Morgan fingerprint density at radius 2 is 2.31 bits per heavy atom. The number of ether oxygens (including phenoxy) is 1. The molecule has 0 amide bonds. The van der Waals surface area contributed by atoms with Crippen molar-refractivity contribution in [2.45, 2.75) is 31.5 Å². The van der Waals surface area contributed by atoms with Crippen molar-refractivity contribution < 1.29 is 4.74 Å². The van der Waals surface area contributed by atoms with Crippen LogP contribution in [0.3, 0.4) is 0 Å². The molecule has 1 heterocycles. The van der Waals surface area contributed by atoms with Gasteiger partial charge in [0.15, 0.2) is 5.06 Å². The average molecular weight is 263 g/mol. The highest BCUT2D eigenvalue weighted by Gasteiger charge is 2.12. The van der Waals surface area contributed by atoms with E-state index < -0.39 is 0 Å². The standard InChI is InChI=1S/C10H15BrOS/c1-3-6-12-10-8(5-7-13-10)9(11)4-2/h5,7,9H,3-4,6H2,1-2H3. The lowest BCUT2D eigenvalue weighted by Gasteiger charge is -2.08.